The highest BCUT2D eigenvalue weighted by atomic mass is 35.5. The molecule has 12 heteroatoms. The number of hydrogen-bond donors (Lipinski definition) is 0. The number of benzene rings is 1. The van der Waals surface area contributed by atoms with Crippen molar-refractivity contribution in [2.75, 3.05) is 25.4 Å². The average Bonchev–Trinajstić information content (AvgIpc) is 3.14. The molecule has 0 radical (unpaired) electrons. The van der Waals surface area contributed by atoms with Crippen molar-refractivity contribution in [2.45, 2.75) is 36.5 Å². The van der Waals surface area contributed by atoms with Crippen molar-refractivity contribution in [3.63, 3.8) is 0 Å². The number of pyridine rings is 1. The van der Waals surface area contributed by atoms with Gasteiger partial charge in [0, 0.05) is 37.3 Å². The smallest absolute Gasteiger partial charge is 0.305 e. The quantitative estimate of drug-likeness (QED) is 0.193. The Hall–Kier alpha value is -1.88. The molecule has 1 saturated carbocycles. The maximum absolute atomic E-state index is 14.4. The summed E-state index contributed by atoms with van der Waals surface area (Å²) in [5.74, 6) is 0.964. The highest BCUT2D eigenvalue weighted by Crippen LogP contribution is 2.64. The predicted octanol–water partition coefficient (Wildman–Crippen LogP) is 6.24. The van der Waals surface area contributed by atoms with Crippen LogP contribution in [0.5, 0.6) is 0 Å². The van der Waals surface area contributed by atoms with E-state index >= 15 is 0 Å². The number of nitrogens with zero attached hydrogens (tertiary/aromatic N) is 5. The van der Waals surface area contributed by atoms with Crippen molar-refractivity contribution < 1.29 is 17.6 Å². The Morgan fingerprint density at radius 3 is 2.67 bits per heavy atom. The van der Waals surface area contributed by atoms with Gasteiger partial charge in [0.2, 0.25) is 0 Å². The summed E-state index contributed by atoms with van der Waals surface area (Å²) in [6.45, 7) is 2.75. The first-order valence-corrected chi connectivity index (χ1v) is 12.3. The molecular formula is C24H27Cl2F4N5S. The molecule has 196 valence electrons. The van der Waals surface area contributed by atoms with E-state index in [-0.39, 0.29) is 36.1 Å². The summed E-state index contributed by atoms with van der Waals surface area (Å²) in [5.41, 5.74) is 0.437. The number of likely N-dealkylation sites (tertiary alicyclic amines) is 1. The number of halogens is 6. The Balaban J connectivity index is 0.00000180. The summed E-state index contributed by atoms with van der Waals surface area (Å²) in [6, 6.07) is 6.79. The lowest BCUT2D eigenvalue weighted by Gasteiger charge is -2.16. The van der Waals surface area contributed by atoms with Crippen LogP contribution in [-0.4, -0.2) is 50.0 Å². The molecule has 1 aliphatic carbocycles. The van der Waals surface area contributed by atoms with E-state index in [0.717, 1.165) is 67.3 Å². The van der Waals surface area contributed by atoms with E-state index in [1.807, 2.05) is 23.7 Å². The zero-order valence-electron chi connectivity index (χ0n) is 19.5. The van der Waals surface area contributed by atoms with Crippen LogP contribution in [0.25, 0.3) is 11.4 Å². The van der Waals surface area contributed by atoms with Gasteiger partial charge in [-0.1, -0.05) is 17.8 Å². The molecule has 0 N–H and O–H groups in total. The summed E-state index contributed by atoms with van der Waals surface area (Å²) in [4.78, 5) is 6.52. The molecule has 1 aromatic carbocycles. The first-order chi connectivity index (χ1) is 16.3. The fourth-order valence-electron chi connectivity index (χ4n) is 5.04. The second-order valence-corrected chi connectivity index (χ2v) is 10.3. The SMILES string of the molecule is Cl.Cl.Cn1c(SCCCN2CC[C@]3(C[C@@H]3c3ccc(C(F)(F)F)cc3F)C2)nnc1-c1cccnc1. The molecule has 5 nitrogen and oxygen atoms in total. The third-order valence-corrected chi connectivity index (χ3v) is 8.07. The normalized spacial score (nSPS) is 21.3. The molecule has 0 bridgehead atoms. The first kappa shape index (κ1) is 28.7. The third-order valence-electron chi connectivity index (χ3n) is 6.96. The Morgan fingerprint density at radius 1 is 1.17 bits per heavy atom. The molecular weight excluding hydrogens is 537 g/mol. The van der Waals surface area contributed by atoms with Crippen molar-refractivity contribution in [1.82, 2.24) is 24.6 Å². The summed E-state index contributed by atoms with van der Waals surface area (Å²) < 4.78 is 54.9. The van der Waals surface area contributed by atoms with Gasteiger partial charge in [0.1, 0.15) is 5.82 Å². The van der Waals surface area contributed by atoms with Crippen molar-refractivity contribution in [3.05, 3.63) is 59.7 Å². The molecule has 1 aliphatic heterocycles. The van der Waals surface area contributed by atoms with Crippen LogP contribution < -0.4 is 0 Å². The van der Waals surface area contributed by atoms with Gasteiger partial charge in [-0.2, -0.15) is 13.2 Å². The van der Waals surface area contributed by atoms with Crippen molar-refractivity contribution >= 4 is 36.6 Å². The van der Waals surface area contributed by atoms with E-state index in [0.29, 0.717) is 11.6 Å². The van der Waals surface area contributed by atoms with Gasteiger partial charge < -0.3 is 9.47 Å². The molecule has 2 fully saturated rings. The fraction of sp³-hybridized carbons (Fsp3) is 0.458. The first-order valence-electron chi connectivity index (χ1n) is 11.3. The van der Waals surface area contributed by atoms with Crippen molar-refractivity contribution in [1.29, 1.82) is 0 Å². The van der Waals surface area contributed by atoms with Gasteiger partial charge in [0.15, 0.2) is 11.0 Å². The van der Waals surface area contributed by atoms with Crippen LogP contribution in [0.3, 0.4) is 0 Å². The highest BCUT2D eigenvalue weighted by molar-refractivity contribution is 7.99. The lowest BCUT2D eigenvalue weighted by Crippen LogP contribution is -2.23. The molecule has 5 rings (SSSR count). The monoisotopic (exact) mass is 563 g/mol. The van der Waals surface area contributed by atoms with Crippen molar-refractivity contribution in [2.24, 2.45) is 12.5 Å². The van der Waals surface area contributed by atoms with Crippen LogP contribution >= 0.6 is 36.6 Å². The number of thioether (sulfide) groups is 1. The zero-order valence-corrected chi connectivity index (χ0v) is 22.0. The molecule has 2 aromatic heterocycles. The van der Waals surface area contributed by atoms with Crippen LogP contribution in [0.4, 0.5) is 17.6 Å². The molecule has 2 aliphatic rings. The van der Waals surface area contributed by atoms with E-state index in [4.69, 9.17) is 0 Å². The van der Waals surface area contributed by atoms with Crippen LogP contribution in [-0.2, 0) is 13.2 Å². The van der Waals surface area contributed by atoms with Gasteiger partial charge in [0.25, 0.3) is 0 Å². The van der Waals surface area contributed by atoms with Crippen LogP contribution in [0, 0.1) is 11.2 Å². The van der Waals surface area contributed by atoms with Crippen LogP contribution in [0.1, 0.15) is 36.3 Å². The molecule has 3 aromatic rings. The summed E-state index contributed by atoms with van der Waals surface area (Å²) >= 11 is 1.66. The molecule has 0 amide bonds. The minimum absolute atomic E-state index is 0. The maximum atomic E-state index is 14.4. The fourth-order valence-corrected chi connectivity index (χ4v) is 5.87. The second kappa shape index (κ2) is 11.2. The van der Waals surface area contributed by atoms with Gasteiger partial charge in [-0.25, -0.2) is 4.39 Å². The van der Waals surface area contributed by atoms with E-state index in [2.05, 4.69) is 20.1 Å². The van der Waals surface area contributed by atoms with Gasteiger partial charge >= 0.3 is 6.18 Å². The van der Waals surface area contributed by atoms with E-state index < -0.39 is 17.6 Å². The zero-order chi connectivity index (χ0) is 23.9. The maximum Gasteiger partial charge on any atom is 0.416 e. The number of hydrogen-bond acceptors (Lipinski definition) is 5. The average molecular weight is 564 g/mol. The Kier molecular flexibility index (Phi) is 8.96. The second-order valence-electron chi connectivity index (χ2n) is 9.19. The summed E-state index contributed by atoms with van der Waals surface area (Å²) in [6.07, 6.45) is 1.76. The van der Waals surface area contributed by atoms with E-state index in [1.54, 1.807) is 24.2 Å². The minimum atomic E-state index is -4.52. The van der Waals surface area contributed by atoms with Gasteiger partial charge in [-0.05, 0) is 73.5 Å². The Morgan fingerprint density at radius 2 is 1.97 bits per heavy atom. The third kappa shape index (κ3) is 5.82. The molecule has 1 spiro atoms. The molecule has 3 heterocycles. The predicted molar refractivity (Wildman–Crippen MR) is 136 cm³/mol. The lowest BCUT2D eigenvalue weighted by atomic mass is 9.97. The number of aromatic nitrogens is 4. The molecule has 1 saturated heterocycles. The molecule has 36 heavy (non-hydrogen) atoms. The van der Waals surface area contributed by atoms with Gasteiger partial charge in [-0.15, -0.1) is 35.0 Å². The van der Waals surface area contributed by atoms with E-state index in [1.165, 1.54) is 6.07 Å². The van der Waals surface area contributed by atoms with Crippen LogP contribution in [0.2, 0.25) is 0 Å². The molecule has 0 unspecified atom stereocenters. The number of alkyl halides is 3. The molecule has 2 atom stereocenters. The summed E-state index contributed by atoms with van der Waals surface area (Å²) in [7, 11) is 1.95. The largest absolute Gasteiger partial charge is 0.416 e. The van der Waals surface area contributed by atoms with E-state index in [9.17, 15) is 17.6 Å². The van der Waals surface area contributed by atoms with Crippen LogP contribution in [0.15, 0.2) is 47.9 Å². The number of rotatable bonds is 7. The van der Waals surface area contributed by atoms with Crippen molar-refractivity contribution in [3.8, 4) is 11.4 Å². The Bertz CT molecular complexity index is 1180. The van der Waals surface area contributed by atoms with Gasteiger partial charge in [0.05, 0.1) is 5.56 Å². The summed E-state index contributed by atoms with van der Waals surface area (Å²) in [5, 5.41) is 9.44. The highest BCUT2D eigenvalue weighted by Gasteiger charge is 2.58. The standard InChI is InChI=1S/C24H25F4N5S.2ClH/c1-32-21(16-4-2-8-29-14-16)30-31-22(32)34-11-3-9-33-10-7-23(15-33)13-19(23)18-6-5-17(12-20(18)25)24(26,27)28;;/h2,4-6,8,12,14,19H,3,7,9-11,13,15H2,1H3;2*1H/t19-,23+;;/m1../s1. The lowest BCUT2D eigenvalue weighted by molar-refractivity contribution is -0.137. The topological polar surface area (TPSA) is 46.8 Å². The minimum Gasteiger partial charge on any atom is -0.305 e. The van der Waals surface area contributed by atoms with Gasteiger partial charge in [-0.3, -0.25) is 4.98 Å². The Labute approximate surface area is 223 Å².